The Morgan fingerprint density at radius 2 is 2.14 bits per heavy atom. The topological polar surface area (TPSA) is 113 Å². The number of carbonyl (C=O) groups is 2. The van der Waals surface area contributed by atoms with Crippen LogP contribution in [-0.2, 0) is 4.74 Å². The van der Waals surface area contributed by atoms with Crippen molar-refractivity contribution in [2.75, 3.05) is 12.3 Å². The van der Waals surface area contributed by atoms with E-state index in [1.165, 1.54) is 10.9 Å². The lowest BCUT2D eigenvalue weighted by Crippen LogP contribution is -2.11. The van der Waals surface area contributed by atoms with Crippen molar-refractivity contribution in [2.45, 2.75) is 6.92 Å². The van der Waals surface area contributed by atoms with Gasteiger partial charge in [-0.2, -0.15) is 5.10 Å². The van der Waals surface area contributed by atoms with Gasteiger partial charge in [-0.15, -0.1) is 0 Å². The molecular weight excluding hydrogens is 340 g/mol. The van der Waals surface area contributed by atoms with E-state index >= 15 is 0 Å². The van der Waals surface area contributed by atoms with Gasteiger partial charge in [0.25, 0.3) is 0 Å². The Hall–Kier alpha value is -2.35. The van der Waals surface area contributed by atoms with E-state index in [1.807, 2.05) is 0 Å². The minimum Gasteiger partial charge on any atom is -0.461 e. The number of aromatic nitrogens is 2. The highest BCUT2D eigenvalue weighted by Crippen LogP contribution is 2.24. The molecule has 0 aliphatic rings. The molecule has 1 heterocycles. The van der Waals surface area contributed by atoms with E-state index in [4.69, 9.17) is 16.2 Å². The predicted molar refractivity (Wildman–Crippen MR) is 80.2 cm³/mol. The number of nitrogens with two attached hydrogens (primary N) is 2. The normalized spacial score (nSPS) is 10.4. The standard InChI is InChI=1S/C13H13BrN4O3/c1-2-21-13(20)11-9(15)6-18(17-11)10-4-3-7(12(16)19)5-8(10)14/h3-6H,2,15H2,1H3,(H2,16,19). The molecule has 1 aromatic heterocycles. The van der Waals surface area contributed by atoms with Gasteiger partial charge in [-0.25, -0.2) is 9.48 Å². The zero-order chi connectivity index (χ0) is 15.6. The van der Waals surface area contributed by atoms with Crippen LogP contribution < -0.4 is 11.5 Å². The van der Waals surface area contributed by atoms with Crippen molar-refractivity contribution in [3.05, 3.63) is 40.1 Å². The molecule has 0 aliphatic heterocycles. The number of primary amides is 1. The van der Waals surface area contributed by atoms with E-state index in [-0.39, 0.29) is 18.0 Å². The number of esters is 1. The molecule has 0 atom stereocenters. The first-order valence-corrected chi connectivity index (χ1v) is 6.85. The number of rotatable bonds is 4. The summed E-state index contributed by atoms with van der Waals surface area (Å²) in [6.45, 7) is 1.94. The van der Waals surface area contributed by atoms with Gasteiger partial charge >= 0.3 is 5.97 Å². The highest BCUT2D eigenvalue weighted by Gasteiger charge is 2.17. The highest BCUT2D eigenvalue weighted by atomic mass is 79.9. The highest BCUT2D eigenvalue weighted by molar-refractivity contribution is 9.10. The summed E-state index contributed by atoms with van der Waals surface area (Å²) in [5, 5.41) is 4.10. The molecule has 1 amide bonds. The number of halogens is 1. The van der Waals surface area contributed by atoms with Crippen molar-refractivity contribution in [2.24, 2.45) is 5.73 Å². The molecule has 2 aromatic rings. The number of hydrogen-bond acceptors (Lipinski definition) is 5. The monoisotopic (exact) mass is 352 g/mol. The second-order valence-electron chi connectivity index (χ2n) is 4.13. The van der Waals surface area contributed by atoms with Crippen LogP contribution in [0.4, 0.5) is 5.69 Å². The van der Waals surface area contributed by atoms with Gasteiger partial charge in [0.15, 0.2) is 5.69 Å². The van der Waals surface area contributed by atoms with Gasteiger partial charge in [-0.1, -0.05) is 0 Å². The summed E-state index contributed by atoms with van der Waals surface area (Å²) in [5.41, 5.74) is 12.2. The third kappa shape index (κ3) is 3.05. The molecule has 1 aromatic carbocycles. The van der Waals surface area contributed by atoms with Crippen LogP contribution in [0.2, 0.25) is 0 Å². The number of anilines is 1. The van der Waals surface area contributed by atoms with Crippen LogP contribution in [0.15, 0.2) is 28.9 Å². The Morgan fingerprint density at radius 1 is 1.43 bits per heavy atom. The first-order valence-electron chi connectivity index (χ1n) is 6.06. The molecule has 4 N–H and O–H groups in total. The van der Waals surface area contributed by atoms with Crippen molar-refractivity contribution in [1.82, 2.24) is 9.78 Å². The number of benzene rings is 1. The molecule has 0 radical (unpaired) electrons. The van der Waals surface area contributed by atoms with Crippen molar-refractivity contribution in [3.63, 3.8) is 0 Å². The van der Waals surface area contributed by atoms with E-state index in [9.17, 15) is 9.59 Å². The fraction of sp³-hybridized carbons (Fsp3) is 0.154. The summed E-state index contributed by atoms with van der Waals surface area (Å²) in [6, 6.07) is 4.77. The molecule has 8 heteroatoms. The zero-order valence-corrected chi connectivity index (χ0v) is 12.8. The summed E-state index contributed by atoms with van der Waals surface area (Å²) >= 11 is 3.33. The lowest BCUT2D eigenvalue weighted by Gasteiger charge is -2.05. The largest absolute Gasteiger partial charge is 0.461 e. The minimum atomic E-state index is -0.585. The molecule has 0 spiro atoms. The number of nitrogens with zero attached hydrogens (tertiary/aromatic N) is 2. The molecule has 21 heavy (non-hydrogen) atoms. The second-order valence-corrected chi connectivity index (χ2v) is 4.98. The fourth-order valence-electron chi connectivity index (χ4n) is 1.71. The molecule has 0 fully saturated rings. The Bertz CT molecular complexity index is 711. The maximum Gasteiger partial charge on any atom is 0.361 e. The van der Waals surface area contributed by atoms with E-state index in [2.05, 4.69) is 21.0 Å². The Kier molecular flexibility index (Phi) is 4.27. The van der Waals surface area contributed by atoms with Gasteiger partial charge in [-0.05, 0) is 41.1 Å². The quantitative estimate of drug-likeness (QED) is 0.809. The van der Waals surface area contributed by atoms with Gasteiger partial charge in [0.1, 0.15) is 0 Å². The van der Waals surface area contributed by atoms with Gasteiger partial charge in [0.05, 0.1) is 24.2 Å². The van der Waals surface area contributed by atoms with Crippen LogP contribution in [0.1, 0.15) is 27.8 Å². The number of carbonyl (C=O) groups excluding carboxylic acids is 2. The Balaban J connectivity index is 2.41. The van der Waals surface area contributed by atoms with Crippen molar-refractivity contribution >= 4 is 33.5 Å². The molecular formula is C13H13BrN4O3. The average molecular weight is 353 g/mol. The average Bonchev–Trinajstić information content (AvgIpc) is 2.80. The summed E-state index contributed by atoms with van der Waals surface area (Å²) in [7, 11) is 0. The fourth-order valence-corrected chi connectivity index (χ4v) is 2.28. The van der Waals surface area contributed by atoms with Crippen LogP contribution in [0.3, 0.4) is 0 Å². The van der Waals surface area contributed by atoms with Crippen LogP contribution >= 0.6 is 15.9 Å². The zero-order valence-electron chi connectivity index (χ0n) is 11.2. The third-order valence-electron chi connectivity index (χ3n) is 2.69. The maximum absolute atomic E-state index is 11.7. The molecule has 2 rings (SSSR count). The molecule has 0 saturated heterocycles. The molecule has 0 aliphatic carbocycles. The molecule has 110 valence electrons. The number of nitrogen functional groups attached to an aromatic ring is 1. The summed E-state index contributed by atoms with van der Waals surface area (Å²) in [6.07, 6.45) is 1.50. The minimum absolute atomic E-state index is 0.0442. The van der Waals surface area contributed by atoms with Crippen molar-refractivity contribution in [1.29, 1.82) is 0 Å². The number of hydrogen-bond donors (Lipinski definition) is 2. The number of ether oxygens (including phenoxy) is 1. The van der Waals surface area contributed by atoms with Crippen LogP contribution in [0.5, 0.6) is 0 Å². The van der Waals surface area contributed by atoms with Crippen molar-refractivity contribution in [3.8, 4) is 5.69 Å². The predicted octanol–water partition coefficient (Wildman–Crippen LogP) is 1.49. The maximum atomic E-state index is 11.7. The van der Waals surface area contributed by atoms with Crippen LogP contribution in [0, 0.1) is 0 Å². The summed E-state index contributed by atoms with van der Waals surface area (Å²) in [5.74, 6) is -1.12. The molecule has 0 bridgehead atoms. The summed E-state index contributed by atoms with van der Waals surface area (Å²) < 4.78 is 6.89. The van der Waals surface area contributed by atoms with Gasteiger partial charge in [0, 0.05) is 10.0 Å². The van der Waals surface area contributed by atoms with Crippen molar-refractivity contribution < 1.29 is 14.3 Å². The lowest BCUT2D eigenvalue weighted by atomic mass is 10.2. The van der Waals surface area contributed by atoms with Crippen LogP contribution in [0.25, 0.3) is 5.69 Å². The Morgan fingerprint density at radius 3 is 2.71 bits per heavy atom. The first-order chi connectivity index (χ1) is 9.93. The smallest absolute Gasteiger partial charge is 0.361 e. The SMILES string of the molecule is CCOC(=O)c1nn(-c2ccc(C(N)=O)cc2Br)cc1N. The van der Waals surface area contributed by atoms with Gasteiger partial charge in [-0.3, -0.25) is 4.79 Å². The third-order valence-corrected chi connectivity index (χ3v) is 3.33. The Labute approximate surface area is 129 Å². The first kappa shape index (κ1) is 15.0. The molecule has 0 unspecified atom stereocenters. The van der Waals surface area contributed by atoms with E-state index in [1.54, 1.807) is 25.1 Å². The van der Waals surface area contributed by atoms with Crippen LogP contribution in [-0.4, -0.2) is 28.3 Å². The molecule has 0 saturated carbocycles. The van der Waals surface area contributed by atoms with E-state index in [0.29, 0.717) is 15.7 Å². The number of amides is 1. The second kappa shape index (κ2) is 5.96. The van der Waals surface area contributed by atoms with E-state index < -0.39 is 11.9 Å². The summed E-state index contributed by atoms with van der Waals surface area (Å²) in [4.78, 5) is 22.8. The van der Waals surface area contributed by atoms with E-state index in [0.717, 1.165) is 0 Å². The molecule has 7 nitrogen and oxygen atoms in total. The van der Waals surface area contributed by atoms with Gasteiger partial charge < -0.3 is 16.2 Å². The van der Waals surface area contributed by atoms with Gasteiger partial charge in [0.2, 0.25) is 5.91 Å². The lowest BCUT2D eigenvalue weighted by molar-refractivity contribution is 0.0520.